The van der Waals surface area contributed by atoms with Gasteiger partial charge in [0.05, 0.1) is 11.0 Å². The van der Waals surface area contributed by atoms with Crippen molar-refractivity contribution in [2.75, 3.05) is 0 Å². The maximum Gasteiger partial charge on any atom is 0.223 e. The lowest BCUT2D eigenvalue weighted by atomic mass is 9.69. The van der Waals surface area contributed by atoms with Crippen LogP contribution in [0.4, 0.5) is 0 Å². The van der Waals surface area contributed by atoms with Gasteiger partial charge < -0.3 is 11.1 Å². The van der Waals surface area contributed by atoms with Gasteiger partial charge in [0.1, 0.15) is 0 Å². The first-order valence-corrected chi connectivity index (χ1v) is 7.76. The fourth-order valence-corrected chi connectivity index (χ4v) is 3.11. The second-order valence-electron chi connectivity index (χ2n) is 6.79. The van der Waals surface area contributed by atoms with Gasteiger partial charge in [0, 0.05) is 5.92 Å². The quantitative estimate of drug-likeness (QED) is 0.780. The van der Waals surface area contributed by atoms with Crippen LogP contribution in [0.2, 0.25) is 0 Å². The Balaban J connectivity index is 2.47. The van der Waals surface area contributed by atoms with Crippen molar-refractivity contribution >= 4 is 23.1 Å². The van der Waals surface area contributed by atoms with Gasteiger partial charge in [-0.05, 0) is 43.4 Å². The molecule has 1 aliphatic carbocycles. The molecule has 0 aliphatic heterocycles. The second kappa shape index (κ2) is 6.69. The number of carbonyl (C=O) groups is 1. The van der Waals surface area contributed by atoms with Crippen LogP contribution in [0.3, 0.4) is 0 Å². The van der Waals surface area contributed by atoms with Gasteiger partial charge in [-0.25, -0.2) is 0 Å². The van der Waals surface area contributed by atoms with E-state index < -0.39 is 0 Å². The van der Waals surface area contributed by atoms with Crippen LogP contribution in [0.25, 0.3) is 0 Å². The first-order valence-electron chi connectivity index (χ1n) is 7.35. The van der Waals surface area contributed by atoms with Crippen molar-refractivity contribution in [2.24, 2.45) is 23.0 Å². The van der Waals surface area contributed by atoms with E-state index in [1.54, 1.807) is 0 Å². The summed E-state index contributed by atoms with van der Waals surface area (Å²) in [5.41, 5.74) is 5.97. The highest BCUT2D eigenvalue weighted by molar-refractivity contribution is 7.80. The minimum absolute atomic E-state index is 0.131. The normalized spacial score (nSPS) is 25.7. The molecule has 4 heteroatoms. The van der Waals surface area contributed by atoms with Crippen molar-refractivity contribution in [1.82, 2.24) is 5.32 Å². The smallest absolute Gasteiger partial charge is 0.223 e. The zero-order valence-electron chi connectivity index (χ0n) is 12.7. The van der Waals surface area contributed by atoms with Crippen molar-refractivity contribution < 1.29 is 4.79 Å². The molecule has 1 fully saturated rings. The number of rotatable bonds is 4. The molecule has 0 bridgehead atoms. The Bertz CT molecular complexity index is 328. The minimum atomic E-state index is -0.150. The highest BCUT2D eigenvalue weighted by Gasteiger charge is 2.32. The van der Waals surface area contributed by atoms with E-state index >= 15 is 0 Å². The summed E-state index contributed by atoms with van der Waals surface area (Å²) in [7, 11) is 0. The summed E-state index contributed by atoms with van der Waals surface area (Å²) >= 11 is 4.97. The predicted octanol–water partition coefficient (Wildman–Crippen LogP) is 3.02. The van der Waals surface area contributed by atoms with Gasteiger partial charge in [0.25, 0.3) is 0 Å². The Hall–Kier alpha value is -0.640. The van der Waals surface area contributed by atoms with Crippen molar-refractivity contribution in [3.63, 3.8) is 0 Å². The van der Waals surface area contributed by atoms with Crippen LogP contribution in [-0.4, -0.2) is 16.9 Å². The Morgan fingerprint density at radius 3 is 2.21 bits per heavy atom. The Morgan fingerprint density at radius 2 is 1.84 bits per heavy atom. The first-order chi connectivity index (χ1) is 8.75. The van der Waals surface area contributed by atoms with E-state index in [4.69, 9.17) is 18.0 Å². The van der Waals surface area contributed by atoms with E-state index in [9.17, 15) is 4.79 Å². The van der Waals surface area contributed by atoms with Crippen molar-refractivity contribution in [1.29, 1.82) is 0 Å². The summed E-state index contributed by atoms with van der Waals surface area (Å²) in [6.07, 6.45) is 5.03. The maximum absolute atomic E-state index is 12.2. The first kappa shape index (κ1) is 16.4. The number of hydrogen-bond donors (Lipinski definition) is 2. The number of hydrogen-bond acceptors (Lipinski definition) is 2. The summed E-state index contributed by atoms with van der Waals surface area (Å²) in [4.78, 5) is 12.6. The number of nitrogens with one attached hydrogen (secondary N) is 1. The van der Waals surface area contributed by atoms with E-state index in [0.29, 0.717) is 10.4 Å². The molecule has 0 spiro atoms. The minimum Gasteiger partial charge on any atom is -0.392 e. The van der Waals surface area contributed by atoms with E-state index in [0.717, 1.165) is 38.0 Å². The van der Waals surface area contributed by atoms with Gasteiger partial charge in [-0.3, -0.25) is 4.79 Å². The molecule has 0 radical (unpaired) electrons. The van der Waals surface area contributed by atoms with Crippen molar-refractivity contribution in [3.05, 3.63) is 0 Å². The molecule has 1 amide bonds. The molecule has 0 aromatic rings. The summed E-state index contributed by atoms with van der Waals surface area (Å²) in [6.45, 7) is 8.86. The lowest BCUT2D eigenvalue weighted by Gasteiger charge is -2.36. The largest absolute Gasteiger partial charge is 0.392 e. The summed E-state index contributed by atoms with van der Waals surface area (Å²) in [5, 5.41) is 2.98. The van der Waals surface area contributed by atoms with Gasteiger partial charge in [-0.15, -0.1) is 0 Å². The van der Waals surface area contributed by atoms with E-state index in [1.165, 1.54) is 0 Å². The second-order valence-corrected chi connectivity index (χ2v) is 7.26. The average molecular weight is 284 g/mol. The van der Waals surface area contributed by atoms with Crippen LogP contribution in [0.1, 0.15) is 59.8 Å². The van der Waals surface area contributed by atoms with Crippen molar-refractivity contribution in [3.8, 4) is 0 Å². The molecule has 3 N–H and O–H groups in total. The van der Waals surface area contributed by atoms with Crippen LogP contribution < -0.4 is 11.1 Å². The summed E-state index contributed by atoms with van der Waals surface area (Å²) < 4.78 is 0. The molecule has 1 atom stereocenters. The third-order valence-corrected chi connectivity index (χ3v) is 4.68. The lowest BCUT2D eigenvalue weighted by molar-refractivity contribution is -0.126. The zero-order valence-corrected chi connectivity index (χ0v) is 13.5. The molecule has 1 saturated carbocycles. The van der Waals surface area contributed by atoms with Crippen LogP contribution in [0.5, 0.6) is 0 Å². The van der Waals surface area contributed by atoms with Crippen LogP contribution >= 0.6 is 12.2 Å². The number of nitrogens with two attached hydrogens (primary N) is 1. The molecule has 0 aromatic carbocycles. The topological polar surface area (TPSA) is 55.1 Å². The molecular formula is C15H28N2OS. The zero-order chi connectivity index (χ0) is 14.6. The molecule has 3 nitrogen and oxygen atoms in total. The number of carbonyl (C=O) groups excluding carboxylic acids is 1. The highest BCUT2D eigenvalue weighted by Crippen LogP contribution is 2.39. The Kier molecular flexibility index (Phi) is 5.78. The van der Waals surface area contributed by atoms with Gasteiger partial charge in [-0.1, -0.05) is 39.9 Å². The fraction of sp³-hybridized carbons (Fsp3) is 0.867. The summed E-state index contributed by atoms with van der Waals surface area (Å²) in [5.74, 6) is 1.00. The monoisotopic (exact) mass is 284 g/mol. The van der Waals surface area contributed by atoms with E-state index in [1.807, 2.05) is 6.92 Å². The third-order valence-electron chi connectivity index (χ3n) is 4.39. The van der Waals surface area contributed by atoms with Crippen molar-refractivity contribution in [2.45, 2.75) is 65.8 Å². The van der Waals surface area contributed by atoms with E-state index in [-0.39, 0.29) is 17.9 Å². The van der Waals surface area contributed by atoms with Gasteiger partial charge >= 0.3 is 0 Å². The number of thiocarbonyl (C=S) groups is 1. The molecule has 19 heavy (non-hydrogen) atoms. The van der Waals surface area contributed by atoms with Gasteiger partial charge in [-0.2, -0.15) is 0 Å². The summed E-state index contributed by atoms with van der Waals surface area (Å²) in [6, 6.07) is -0.150. The van der Waals surface area contributed by atoms with Crippen LogP contribution in [0, 0.1) is 17.3 Å². The van der Waals surface area contributed by atoms with Crippen LogP contribution in [0.15, 0.2) is 0 Å². The van der Waals surface area contributed by atoms with Crippen LogP contribution in [-0.2, 0) is 4.79 Å². The number of amides is 1. The maximum atomic E-state index is 12.2. The molecule has 0 heterocycles. The third kappa shape index (κ3) is 4.75. The lowest BCUT2D eigenvalue weighted by Crippen LogP contribution is -2.46. The van der Waals surface area contributed by atoms with Gasteiger partial charge in [0.15, 0.2) is 0 Å². The SMILES string of the molecule is CCC(NC(=O)C1CCC(C(C)(C)C)CC1)C(N)=S. The molecule has 0 aromatic heterocycles. The molecule has 1 aliphatic rings. The molecule has 110 valence electrons. The average Bonchev–Trinajstić information content (AvgIpc) is 2.34. The van der Waals surface area contributed by atoms with E-state index in [2.05, 4.69) is 26.1 Å². The fourth-order valence-electron chi connectivity index (χ4n) is 2.89. The molecular weight excluding hydrogens is 256 g/mol. The standard InChI is InChI=1S/C15H28N2OS/c1-5-12(13(16)19)17-14(18)10-6-8-11(9-7-10)15(2,3)4/h10-12H,5-9H2,1-4H3,(H2,16,19)(H,17,18). The molecule has 1 rings (SSSR count). The highest BCUT2D eigenvalue weighted by atomic mass is 32.1. The Labute approximate surface area is 122 Å². The molecule has 1 unspecified atom stereocenters. The predicted molar refractivity (Wildman–Crippen MR) is 83.9 cm³/mol. The van der Waals surface area contributed by atoms with Gasteiger partial charge in [0.2, 0.25) is 5.91 Å². The molecule has 0 saturated heterocycles. The Morgan fingerprint density at radius 1 is 1.32 bits per heavy atom.